The number of esters is 1. The fraction of sp³-hybridized carbons (Fsp3) is 0.545. The number of rotatable bonds is 22. The molecule has 1 aliphatic heterocycles. The molecular weight excluding hydrogens is 707 g/mol. The van der Waals surface area contributed by atoms with Gasteiger partial charge in [-0.05, 0) is 106 Å². The van der Waals surface area contributed by atoms with Crippen molar-refractivity contribution in [2.45, 2.75) is 131 Å². The van der Waals surface area contributed by atoms with Crippen LogP contribution in [0.2, 0.25) is 0 Å². The Kier molecular flexibility index (Phi) is 17.9. The van der Waals surface area contributed by atoms with Crippen molar-refractivity contribution in [1.29, 1.82) is 0 Å². The Balaban J connectivity index is 1.42. The molecule has 0 saturated carbocycles. The first-order chi connectivity index (χ1) is 26.9. The van der Waals surface area contributed by atoms with Crippen LogP contribution >= 0.6 is 0 Å². The van der Waals surface area contributed by atoms with Gasteiger partial charge in [0.1, 0.15) is 18.9 Å². The van der Waals surface area contributed by atoms with Gasteiger partial charge in [-0.1, -0.05) is 78.4 Å². The fourth-order valence-electron chi connectivity index (χ4n) is 6.37. The second-order valence-electron chi connectivity index (χ2n) is 15.8. The van der Waals surface area contributed by atoms with Gasteiger partial charge >= 0.3 is 5.97 Å². The van der Waals surface area contributed by atoms with Gasteiger partial charge in [0.25, 0.3) is 5.91 Å². The van der Waals surface area contributed by atoms with Gasteiger partial charge in [0, 0.05) is 33.7 Å². The number of carbonyl (C=O) groups is 2. The SMILES string of the molecule is CCCCC(CC)COC(=O)c1ccc(NC2NC(Nc3ccc(C(=O)NC(C)(C)C)cc3)NC(Nc3ccc(C(O)OCC(CC)CCCC)cc3)N2)cc1. The van der Waals surface area contributed by atoms with Crippen molar-refractivity contribution in [2.24, 2.45) is 11.8 Å². The second kappa shape index (κ2) is 22.5. The van der Waals surface area contributed by atoms with Crippen molar-refractivity contribution < 1.29 is 24.2 Å². The molecule has 3 aromatic rings. The highest BCUT2D eigenvalue weighted by atomic mass is 16.6. The molecule has 12 heteroatoms. The van der Waals surface area contributed by atoms with Crippen LogP contribution in [0.3, 0.4) is 0 Å². The molecule has 0 aromatic heterocycles. The Hall–Kier alpha value is -4.20. The van der Waals surface area contributed by atoms with Crippen LogP contribution in [0.25, 0.3) is 0 Å². The lowest BCUT2D eigenvalue weighted by atomic mass is 10.0. The van der Waals surface area contributed by atoms with E-state index in [0.717, 1.165) is 68.4 Å². The highest BCUT2D eigenvalue weighted by Crippen LogP contribution is 2.22. The first-order valence-corrected chi connectivity index (χ1v) is 20.6. The summed E-state index contributed by atoms with van der Waals surface area (Å²) in [5.41, 5.74) is 3.88. The lowest BCUT2D eigenvalue weighted by molar-refractivity contribution is -0.114. The van der Waals surface area contributed by atoms with Gasteiger partial charge in [-0.25, -0.2) is 4.79 Å². The Bertz CT molecular complexity index is 1600. The van der Waals surface area contributed by atoms with Crippen LogP contribution < -0.4 is 37.2 Å². The number of anilines is 3. The molecule has 0 aliphatic carbocycles. The molecule has 1 aliphatic rings. The molecule has 1 amide bonds. The number of amides is 1. The average Bonchev–Trinajstić information content (AvgIpc) is 3.18. The van der Waals surface area contributed by atoms with E-state index in [9.17, 15) is 14.7 Å². The third kappa shape index (κ3) is 15.0. The highest BCUT2D eigenvalue weighted by Gasteiger charge is 2.27. The van der Waals surface area contributed by atoms with E-state index >= 15 is 0 Å². The molecule has 1 heterocycles. The zero-order valence-electron chi connectivity index (χ0n) is 34.5. The molecule has 0 bridgehead atoms. The van der Waals surface area contributed by atoms with Gasteiger partial charge in [-0.3, -0.25) is 20.7 Å². The average molecular weight is 774 g/mol. The second-order valence-corrected chi connectivity index (χ2v) is 15.8. The summed E-state index contributed by atoms with van der Waals surface area (Å²) in [6, 6.07) is 22.2. The third-order valence-corrected chi connectivity index (χ3v) is 9.91. The van der Waals surface area contributed by atoms with Crippen molar-refractivity contribution >= 4 is 28.9 Å². The molecule has 6 atom stereocenters. The molecular formula is C44H67N7O5. The fourth-order valence-corrected chi connectivity index (χ4v) is 6.37. The lowest BCUT2D eigenvalue weighted by Crippen LogP contribution is -2.73. The number of aliphatic hydroxyl groups is 1. The first kappa shape index (κ1) is 44.5. The zero-order valence-corrected chi connectivity index (χ0v) is 34.5. The van der Waals surface area contributed by atoms with Gasteiger partial charge in [-0.2, -0.15) is 0 Å². The lowest BCUT2D eigenvalue weighted by Gasteiger charge is -2.40. The topological polar surface area (TPSA) is 157 Å². The predicted octanol–water partition coefficient (Wildman–Crippen LogP) is 8.08. The van der Waals surface area contributed by atoms with Gasteiger partial charge in [0.15, 0.2) is 6.29 Å². The normalized spacial score (nSPS) is 18.7. The van der Waals surface area contributed by atoms with E-state index < -0.39 is 25.2 Å². The zero-order chi connectivity index (χ0) is 40.5. The largest absolute Gasteiger partial charge is 0.462 e. The van der Waals surface area contributed by atoms with Gasteiger partial charge < -0.3 is 35.8 Å². The summed E-state index contributed by atoms with van der Waals surface area (Å²) in [7, 11) is 0. The summed E-state index contributed by atoms with van der Waals surface area (Å²) in [6.45, 7) is 15.5. The van der Waals surface area contributed by atoms with E-state index in [1.165, 1.54) is 0 Å². The summed E-state index contributed by atoms with van der Waals surface area (Å²) in [5.74, 6) is 0.365. The molecule has 0 radical (unpaired) electrons. The predicted molar refractivity (Wildman–Crippen MR) is 226 cm³/mol. The number of hydrogen-bond donors (Lipinski definition) is 8. The van der Waals surface area contributed by atoms with Crippen LogP contribution in [0.4, 0.5) is 17.1 Å². The van der Waals surface area contributed by atoms with Crippen LogP contribution in [-0.4, -0.2) is 54.6 Å². The smallest absolute Gasteiger partial charge is 0.338 e. The maximum absolute atomic E-state index is 12.8. The quantitative estimate of drug-likeness (QED) is 0.0369. The number of carbonyl (C=O) groups excluding carboxylic acids is 2. The Morgan fingerprint density at radius 2 is 1.09 bits per heavy atom. The number of aliphatic hydroxyl groups excluding tert-OH is 1. The van der Waals surface area contributed by atoms with E-state index in [4.69, 9.17) is 9.47 Å². The summed E-state index contributed by atoms with van der Waals surface area (Å²) in [4.78, 5) is 25.5. The van der Waals surface area contributed by atoms with Gasteiger partial charge in [-0.15, -0.1) is 0 Å². The standard InChI is InChI=1S/C44H67N7O5/c1-8-12-14-30(10-3)28-55-39(53)33-18-24-36(25-19-33)46-42-48-41(45-35-22-16-32(17-23-35)38(52)51-44(5,6)7)49-43(50-42)47-37-26-20-34(21-27-37)40(54)56-29-31(11-4)15-13-9-2/h16-27,30-31,39,41-43,45-50,53H,8-15,28-29H2,1-7H3,(H,51,52). The van der Waals surface area contributed by atoms with Crippen LogP contribution in [0.5, 0.6) is 0 Å². The Morgan fingerprint density at radius 3 is 1.52 bits per heavy atom. The van der Waals surface area contributed by atoms with Crippen LogP contribution in [0.15, 0.2) is 72.8 Å². The van der Waals surface area contributed by atoms with E-state index in [2.05, 4.69) is 64.9 Å². The minimum absolute atomic E-state index is 0.130. The van der Waals surface area contributed by atoms with Crippen LogP contribution in [0, 0.1) is 11.8 Å². The molecule has 1 fully saturated rings. The van der Waals surface area contributed by atoms with Crippen molar-refractivity contribution in [3.8, 4) is 0 Å². The molecule has 308 valence electrons. The van der Waals surface area contributed by atoms with E-state index in [1.807, 2.05) is 69.3 Å². The van der Waals surface area contributed by atoms with E-state index in [0.29, 0.717) is 41.7 Å². The molecule has 8 N–H and O–H groups in total. The van der Waals surface area contributed by atoms with Crippen LogP contribution in [-0.2, 0) is 9.47 Å². The summed E-state index contributed by atoms with van der Waals surface area (Å²) < 4.78 is 11.5. The van der Waals surface area contributed by atoms with Crippen molar-refractivity contribution in [3.63, 3.8) is 0 Å². The maximum atomic E-state index is 12.8. The van der Waals surface area contributed by atoms with Crippen molar-refractivity contribution in [2.75, 3.05) is 29.2 Å². The minimum atomic E-state index is -0.991. The molecule has 56 heavy (non-hydrogen) atoms. The van der Waals surface area contributed by atoms with E-state index in [-0.39, 0.29) is 17.4 Å². The molecule has 4 rings (SSSR count). The molecule has 1 saturated heterocycles. The summed E-state index contributed by atoms with van der Waals surface area (Å²) in [5, 5.41) is 34.7. The molecule has 0 spiro atoms. The third-order valence-electron chi connectivity index (χ3n) is 9.91. The number of unbranched alkanes of at least 4 members (excludes halogenated alkanes) is 2. The first-order valence-electron chi connectivity index (χ1n) is 20.6. The minimum Gasteiger partial charge on any atom is -0.462 e. The number of benzene rings is 3. The molecule has 3 aromatic carbocycles. The van der Waals surface area contributed by atoms with Gasteiger partial charge in [0.05, 0.1) is 18.8 Å². The highest BCUT2D eigenvalue weighted by molar-refractivity contribution is 5.95. The number of ether oxygens (including phenoxy) is 2. The Morgan fingerprint density at radius 1 is 0.661 bits per heavy atom. The van der Waals surface area contributed by atoms with E-state index in [1.54, 1.807) is 24.3 Å². The van der Waals surface area contributed by atoms with Gasteiger partial charge in [0.2, 0.25) is 0 Å². The Labute approximate surface area is 334 Å². The molecule has 6 unspecified atom stereocenters. The summed E-state index contributed by atoms with van der Waals surface area (Å²) >= 11 is 0. The number of nitrogens with one attached hydrogen (secondary N) is 7. The summed E-state index contributed by atoms with van der Waals surface area (Å²) in [6.07, 6.45) is 6.52. The number of hydrogen-bond acceptors (Lipinski definition) is 11. The van der Waals surface area contributed by atoms with Crippen LogP contribution in [0.1, 0.15) is 132 Å². The van der Waals surface area contributed by atoms with Crippen molar-refractivity contribution in [1.82, 2.24) is 21.3 Å². The van der Waals surface area contributed by atoms with Crippen molar-refractivity contribution in [3.05, 3.63) is 89.5 Å². The molecule has 12 nitrogen and oxygen atoms in total. The maximum Gasteiger partial charge on any atom is 0.338 e. The monoisotopic (exact) mass is 774 g/mol.